The molecule has 1 aliphatic rings. The Kier molecular flexibility index (Phi) is 20.7. The zero-order valence-electron chi connectivity index (χ0n) is 16.7. The molecule has 0 aromatic carbocycles. The molecule has 0 heterocycles. The maximum Gasteiger partial charge on any atom is 0.00670 e. The van der Waals surface area contributed by atoms with Gasteiger partial charge in [0.1, 0.15) is 0 Å². The molecular weight excluding hydrogens is 296 g/mol. The van der Waals surface area contributed by atoms with Crippen molar-refractivity contribution in [2.75, 3.05) is 39.3 Å². The summed E-state index contributed by atoms with van der Waals surface area (Å²) in [5, 5.41) is 10.3. The molecule has 0 atom stereocenters. The Labute approximate surface area is 152 Å². The fraction of sp³-hybridized carbons (Fsp3) is 1.00. The highest BCUT2D eigenvalue weighted by Crippen LogP contribution is 2.16. The van der Waals surface area contributed by atoms with Crippen molar-refractivity contribution in [2.24, 2.45) is 5.73 Å². The number of hydrogen-bond acceptors (Lipinski definition) is 4. The lowest BCUT2D eigenvalue weighted by Gasteiger charge is -2.22. The highest BCUT2D eigenvalue weighted by Gasteiger charge is 2.11. The third-order valence-electron chi connectivity index (χ3n) is 4.58. The van der Waals surface area contributed by atoms with Crippen molar-refractivity contribution in [2.45, 2.75) is 90.5 Å². The summed E-state index contributed by atoms with van der Waals surface area (Å²) in [4.78, 5) is 0. The first-order valence-corrected chi connectivity index (χ1v) is 10.7. The van der Waals surface area contributed by atoms with Crippen LogP contribution in [0.25, 0.3) is 0 Å². The SMILES string of the molecule is CCCCCCNCCCNCC.NCCCNC1CCCCC1. The second-order valence-electron chi connectivity index (χ2n) is 6.95. The molecule has 4 heteroatoms. The second-order valence-corrected chi connectivity index (χ2v) is 6.95. The molecule has 1 saturated carbocycles. The lowest BCUT2D eigenvalue weighted by atomic mass is 9.95. The fourth-order valence-electron chi connectivity index (χ4n) is 3.03. The van der Waals surface area contributed by atoms with Gasteiger partial charge in [-0.05, 0) is 71.4 Å². The van der Waals surface area contributed by atoms with Gasteiger partial charge in [0.25, 0.3) is 0 Å². The first kappa shape index (κ1) is 23.8. The van der Waals surface area contributed by atoms with Crippen molar-refractivity contribution in [1.29, 1.82) is 0 Å². The van der Waals surface area contributed by atoms with E-state index in [0.29, 0.717) is 0 Å². The summed E-state index contributed by atoms with van der Waals surface area (Å²) in [7, 11) is 0. The molecule has 0 saturated heterocycles. The van der Waals surface area contributed by atoms with Gasteiger partial charge in [0.2, 0.25) is 0 Å². The van der Waals surface area contributed by atoms with Crippen LogP contribution in [0.15, 0.2) is 0 Å². The number of nitrogens with one attached hydrogen (secondary N) is 3. The van der Waals surface area contributed by atoms with E-state index in [4.69, 9.17) is 5.73 Å². The molecule has 146 valence electrons. The molecule has 1 fully saturated rings. The molecule has 0 aliphatic heterocycles. The Morgan fingerprint density at radius 2 is 1.46 bits per heavy atom. The van der Waals surface area contributed by atoms with Crippen LogP contribution in [0, 0.1) is 0 Å². The van der Waals surface area contributed by atoms with E-state index in [2.05, 4.69) is 29.8 Å². The van der Waals surface area contributed by atoms with E-state index in [0.717, 1.165) is 38.6 Å². The summed E-state index contributed by atoms with van der Waals surface area (Å²) in [5.41, 5.74) is 5.40. The van der Waals surface area contributed by atoms with Crippen LogP contribution in [0.2, 0.25) is 0 Å². The lowest BCUT2D eigenvalue weighted by molar-refractivity contribution is 0.373. The average Bonchev–Trinajstić information content (AvgIpc) is 2.62. The third-order valence-corrected chi connectivity index (χ3v) is 4.58. The van der Waals surface area contributed by atoms with Crippen molar-refractivity contribution >= 4 is 0 Å². The van der Waals surface area contributed by atoms with Crippen LogP contribution in [0.3, 0.4) is 0 Å². The van der Waals surface area contributed by atoms with Gasteiger partial charge in [-0.25, -0.2) is 0 Å². The van der Waals surface area contributed by atoms with Gasteiger partial charge in [0, 0.05) is 6.04 Å². The number of unbranched alkanes of at least 4 members (excludes halogenated alkanes) is 3. The van der Waals surface area contributed by atoms with Gasteiger partial charge < -0.3 is 21.7 Å². The van der Waals surface area contributed by atoms with E-state index in [1.165, 1.54) is 77.3 Å². The molecule has 0 aromatic rings. The molecule has 0 spiro atoms. The van der Waals surface area contributed by atoms with Crippen LogP contribution < -0.4 is 21.7 Å². The fourth-order valence-corrected chi connectivity index (χ4v) is 3.03. The van der Waals surface area contributed by atoms with Crippen molar-refractivity contribution in [1.82, 2.24) is 16.0 Å². The molecule has 24 heavy (non-hydrogen) atoms. The average molecular weight is 343 g/mol. The Hall–Kier alpha value is -0.160. The van der Waals surface area contributed by atoms with Crippen molar-refractivity contribution in [3.63, 3.8) is 0 Å². The first-order chi connectivity index (χ1) is 11.8. The van der Waals surface area contributed by atoms with E-state index in [1.54, 1.807) is 0 Å². The Morgan fingerprint density at radius 1 is 0.750 bits per heavy atom. The molecule has 0 aromatic heterocycles. The van der Waals surface area contributed by atoms with Crippen LogP contribution >= 0.6 is 0 Å². The number of hydrogen-bond donors (Lipinski definition) is 4. The summed E-state index contributed by atoms with van der Waals surface area (Å²) in [6.45, 7) is 10.9. The summed E-state index contributed by atoms with van der Waals surface area (Å²) in [6.07, 6.45) is 14.9. The zero-order chi connectivity index (χ0) is 17.7. The minimum Gasteiger partial charge on any atom is -0.330 e. The minimum atomic E-state index is 0.801. The quantitative estimate of drug-likeness (QED) is 0.365. The van der Waals surface area contributed by atoms with Crippen LogP contribution in [0.1, 0.15) is 84.5 Å². The van der Waals surface area contributed by atoms with Crippen LogP contribution in [-0.2, 0) is 0 Å². The third kappa shape index (κ3) is 18.2. The lowest BCUT2D eigenvalue weighted by Crippen LogP contribution is -2.32. The molecule has 0 bridgehead atoms. The first-order valence-electron chi connectivity index (χ1n) is 10.7. The smallest absolute Gasteiger partial charge is 0.00670 e. The Bertz CT molecular complexity index is 208. The maximum absolute atomic E-state index is 5.40. The molecule has 1 rings (SSSR count). The highest BCUT2D eigenvalue weighted by atomic mass is 14.9. The predicted molar refractivity (Wildman–Crippen MR) is 109 cm³/mol. The summed E-state index contributed by atoms with van der Waals surface area (Å²) in [6, 6.07) is 0.801. The van der Waals surface area contributed by atoms with Gasteiger partial charge in [0.05, 0.1) is 0 Å². The van der Waals surface area contributed by atoms with Gasteiger partial charge in [-0.1, -0.05) is 52.4 Å². The molecule has 0 unspecified atom stereocenters. The van der Waals surface area contributed by atoms with Gasteiger partial charge in [0.15, 0.2) is 0 Å². The molecule has 1 aliphatic carbocycles. The highest BCUT2D eigenvalue weighted by molar-refractivity contribution is 4.71. The zero-order valence-corrected chi connectivity index (χ0v) is 16.7. The van der Waals surface area contributed by atoms with Crippen LogP contribution in [0.4, 0.5) is 0 Å². The minimum absolute atomic E-state index is 0.801. The summed E-state index contributed by atoms with van der Waals surface area (Å²) >= 11 is 0. The number of nitrogens with two attached hydrogens (primary N) is 1. The summed E-state index contributed by atoms with van der Waals surface area (Å²) < 4.78 is 0. The topological polar surface area (TPSA) is 62.1 Å². The predicted octanol–water partition coefficient (Wildman–Crippen LogP) is 3.41. The van der Waals surface area contributed by atoms with E-state index >= 15 is 0 Å². The normalized spacial score (nSPS) is 15.1. The van der Waals surface area contributed by atoms with E-state index in [1.807, 2.05) is 0 Å². The van der Waals surface area contributed by atoms with Gasteiger partial charge in [-0.3, -0.25) is 0 Å². The van der Waals surface area contributed by atoms with Crippen LogP contribution in [-0.4, -0.2) is 45.3 Å². The maximum atomic E-state index is 5.40. The van der Waals surface area contributed by atoms with Gasteiger partial charge in [-0.15, -0.1) is 0 Å². The van der Waals surface area contributed by atoms with Crippen LogP contribution in [0.5, 0.6) is 0 Å². The molecule has 0 amide bonds. The standard InChI is InChI=1S/C11H26N2.C9H20N2/c1-3-5-6-7-9-13-11-8-10-12-4-2;10-7-4-8-11-9-5-2-1-3-6-9/h12-13H,3-11H2,1-2H3;9,11H,1-8,10H2. The van der Waals surface area contributed by atoms with E-state index in [9.17, 15) is 0 Å². The van der Waals surface area contributed by atoms with Crippen molar-refractivity contribution in [3.05, 3.63) is 0 Å². The molecule has 5 N–H and O–H groups in total. The van der Waals surface area contributed by atoms with Gasteiger partial charge >= 0.3 is 0 Å². The second kappa shape index (κ2) is 20.9. The Morgan fingerprint density at radius 3 is 2.12 bits per heavy atom. The van der Waals surface area contributed by atoms with E-state index < -0.39 is 0 Å². The van der Waals surface area contributed by atoms with Crippen molar-refractivity contribution in [3.8, 4) is 0 Å². The molecule has 0 radical (unpaired) electrons. The monoisotopic (exact) mass is 342 g/mol. The van der Waals surface area contributed by atoms with E-state index in [-0.39, 0.29) is 0 Å². The number of rotatable bonds is 14. The Balaban J connectivity index is 0.000000446. The van der Waals surface area contributed by atoms with Crippen molar-refractivity contribution < 1.29 is 0 Å². The summed E-state index contributed by atoms with van der Waals surface area (Å²) in [5.74, 6) is 0. The molecular formula is C20H46N4. The van der Waals surface area contributed by atoms with Gasteiger partial charge in [-0.2, -0.15) is 0 Å². The largest absolute Gasteiger partial charge is 0.330 e. The molecule has 4 nitrogen and oxygen atoms in total.